The number of rotatable bonds is 5. The molecule has 1 amide bonds. The largest absolute Gasteiger partial charge is 0.359 e. The van der Waals surface area contributed by atoms with E-state index in [2.05, 4.69) is 34.9 Å². The van der Waals surface area contributed by atoms with Crippen LogP contribution in [0.15, 0.2) is 29.2 Å². The Morgan fingerprint density at radius 1 is 1.42 bits per heavy atom. The number of carbonyl (C=O) groups excluding carboxylic acids is 1. The topological polar surface area (TPSA) is 41.1 Å². The molecule has 0 saturated carbocycles. The summed E-state index contributed by atoms with van der Waals surface area (Å²) in [6.45, 7) is 5.59. The van der Waals surface area contributed by atoms with Gasteiger partial charge in [-0.25, -0.2) is 0 Å². The molecule has 0 bridgehead atoms. The summed E-state index contributed by atoms with van der Waals surface area (Å²) in [6.07, 6.45) is 1.12. The minimum Gasteiger partial charge on any atom is -0.359 e. The number of benzene rings is 1. The monoisotopic (exact) mass is 278 g/mol. The van der Waals surface area contributed by atoms with Crippen LogP contribution in [0.4, 0.5) is 0 Å². The van der Waals surface area contributed by atoms with E-state index in [4.69, 9.17) is 0 Å². The Kier molecular flexibility index (Phi) is 4.53. The fourth-order valence-electron chi connectivity index (χ4n) is 2.33. The van der Waals surface area contributed by atoms with Crippen molar-refractivity contribution in [3.05, 3.63) is 29.8 Å². The number of hydrogen-bond donors (Lipinski definition) is 2. The average Bonchev–Trinajstić information content (AvgIpc) is 2.80. The highest BCUT2D eigenvalue weighted by molar-refractivity contribution is 8.00. The number of carbonyl (C=O) groups is 1. The van der Waals surface area contributed by atoms with Gasteiger partial charge in [0, 0.05) is 30.3 Å². The van der Waals surface area contributed by atoms with Gasteiger partial charge in [-0.15, -0.1) is 11.8 Å². The molecule has 1 aliphatic rings. The molecule has 4 heteroatoms. The van der Waals surface area contributed by atoms with E-state index in [-0.39, 0.29) is 11.3 Å². The molecule has 1 aromatic rings. The van der Waals surface area contributed by atoms with Crippen molar-refractivity contribution < 1.29 is 4.79 Å². The molecule has 1 atom stereocenters. The van der Waals surface area contributed by atoms with Crippen molar-refractivity contribution in [2.75, 3.05) is 20.1 Å². The first-order chi connectivity index (χ1) is 9.03. The third-order valence-electron chi connectivity index (χ3n) is 3.49. The molecule has 0 saturated heterocycles. The van der Waals surface area contributed by atoms with Crippen LogP contribution < -0.4 is 10.6 Å². The molecule has 19 heavy (non-hydrogen) atoms. The molecule has 0 aromatic heterocycles. The minimum atomic E-state index is -0.356. The maximum Gasteiger partial charge on any atom is 0.226 e. The third kappa shape index (κ3) is 3.51. The predicted molar refractivity (Wildman–Crippen MR) is 80.5 cm³/mol. The second kappa shape index (κ2) is 5.97. The van der Waals surface area contributed by atoms with Crippen molar-refractivity contribution in [1.29, 1.82) is 0 Å². The summed E-state index contributed by atoms with van der Waals surface area (Å²) >= 11 is 1.94. The van der Waals surface area contributed by atoms with Gasteiger partial charge in [0.2, 0.25) is 5.91 Å². The molecule has 1 heterocycles. The molecule has 1 aliphatic heterocycles. The standard InChI is InChI=1S/C15H22N2OS/c1-15(2,14(18)16-3)10-17-9-12-8-11-6-4-5-7-13(11)19-12/h4-7,12,17H,8-10H2,1-3H3,(H,16,18). The zero-order valence-corrected chi connectivity index (χ0v) is 12.6. The molecule has 0 fully saturated rings. The molecule has 2 N–H and O–H groups in total. The van der Waals surface area contributed by atoms with Crippen molar-refractivity contribution in [1.82, 2.24) is 10.6 Å². The second-order valence-electron chi connectivity index (χ2n) is 5.65. The van der Waals surface area contributed by atoms with Crippen molar-refractivity contribution in [2.45, 2.75) is 30.4 Å². The van der Waals surface area contributed by atoms with Gasteiger partial charge in [-0.1, -0.05) is 18.2 Å². The maximum absolute atomic E-state index is 11.7. The van der Waals surface area contributed by atoms with Crippen LogP contribution in [0.2, 0.25) is 0 Å². The number of amides is 1. The smallest absolute Gasteiger partial charge is 0.226 e. The van der Waals surface area contributed by atoms with Gasteiger partial charge in [0.05, 0.1) is 5.41 Å². The van der Waals surface area contributed by atoms with Crippen molar-refractivity contribution in [2.24, 2.45) is 5.41 Å². The highest BCUT2D eigenvalue weighted by atomic mass is 32.2. The lowest BCUT2D eigenvalue weighted by atomic mass is 9.92. The van der Waals surface area contributed by atoms with E-state index in [1.807, 2.05) is 25.6 Å². The van der Waals surface area contributed by atoms with Crippen LogP contribution >= 0.6 is 11.8 Å². The molecule has 1 unspecified atom stereocenters. The lowest BCUT2D eigenvalue weighted by Crippen LogP contribution is -2.43. The Balaban J connectivity index is 1.78. The summed E-state index contributed by atoms with van der Waals surface area (Å²) < 4.78 is 0. The van der Waals surface area contributed by atoms with Gasteiger partial charge in [-0.2, -0.15) is 0 Å². The van der Waals surface area contributed by atoms with Gasteiger partial charge in [-0.05, 0) is 31.9 Å². The molecule has 0 spiro atoms. The fraction of sp³-hybridized carbons (Fsp3) is 0.533. The van der Waals surface area contributed by atoms with Crippen LogP contribution in [-0.2, 0) is 11.2 Å². The zero-order chi connectivity index (χ0) is 13.9. The van der Waals surface area contributed by atoms with Gasteiger partial charge in [-0.3, -0.25) is 4.79 Å². The molecular weight excluding hydrogens is 256 g/mol. The predicted octanol–water partition coefficient (Wildman–Crippen LogP) is 2.07. The van der Waals surface area contributed by atoms with E-state index in [9.17, 15) is 4.79 Å². The Morgan fingerprint density at radius 2 is 2.16 bits per heavy atom. The molecular formula is C15H22N2OS. The quantitative estimate of drug-likeness (QED) is 0.866. The Hall–Kier alpha value is -1.00. The van der Waals surface area contributed by atoms with Crippen LogP contribution in [0, 0.1) is 5.41 Å². The second-order valence-corrected chi connectivity index (χ2v) is 6.99. The van der Waals surface area contributed by atoms with E-state index < -0.39 is 0 Å². The molecule has 0 aliphatic carbocycles. The molecule has 0 radical (unpaired) electrons. The van der Waals surface area contributed by atoms with Gasteiger partial charge in [0.25, 0.3) is 0 Å². The summed E-state index contributed by atoms with van der Waals surface area (Å²) in [4.78, 5) is 13.1. The van der Waals surface area contributed by atoms with E-state index in [0.29, 0.717) is 11.8 Å². The maximum atomic E-state index is 11.7. The molecule has 3 nitrogen and oxygen atoms in total. The summed E-state index contributed by atoms with van der Waals surface area (Å²) in [7, 11) is 1.69. The minimum absolute atomic E-state index is 0.0855. The van der Waals surface area contributed by atoms with Crippen LogP contribution in [0.5, 0.6) is 0 Å². The van der Waals surface area contributed by atoms with E-state index >= 15 is 0 Å². The lowest BCUT2D eigenvalue weighted by molar-refractivity contribution is -0.128. The number of hydrogen-bond acceptors (Lipinski definition) is 3. The van der Waals surface area contributed by atoms with Crippen molar-refractivity contribution in [3.63, 3.8) is 0 Å². The molecule has 2 rings (SSSR count). The summed E-state index contributed by atoms with van der Waals surface area (Å²) in [5.74, 6) is 0.0855. The number of nitrogens with one attached hydrogen (secondary N) is 2. The zero-order valence-electron chi connectivity index (χ0n) is 11.8. The van der Waals surface area contributed by atoms with Crippen LogP contribution in [0.3, 0.4) is 0 Å². The van der Waals surface area contributed by atoms with Crippen molar-refractivity contribution >= 4 is 17.7 Å². The van der Waals surface area contributed by atoms with Crippen LogP contribution in [0.1, 0.15) is 19.4 Å². The highest BCUT2D eigenvalue weighted by Gasteiger charge is 2.27. The molecule has 1 aromatic carbocycles. The SMILES string of the molecule is CNC(=O)C(C)(C)CNCC1Cc2ccccc2S1. The summed E-state index contributed by atoms with van der Waals surface area (Å²) in [5, 5.41) is 6.73. The summed E-state index contributed by atoms with van der Waals surface area (Å²) in [6, 6.07) is 8.59. The fourth-order valence-corrected chi connectivity index (χ4v) is 3.62. The lowest BCUT2D eigenvalue weighted by Gasteiger charge is -2.23. The Bertz CT molecular complexity index is 434. The normalized spacial score (nSPS) is 18.2. The third-order valence-corrected chi connectivity index (χ3v) is 4.81. The average molecular weight is 278 g/mol. The van der Waals surface area contributed by atoms with Gasteiger partial charge in [0.15, 0.2) is 0 Å². The number of thioether (sulfide) groups is 1. The highest BCUT2D eigenvalue weighted by Crippen LogP contribution is 2.36. The number of fused-ring (bicyclic) bond motifs is 1. The van der Waals surface area contributed by atoms with Crippen LogP contribution in [-0.4, -0.2) is 31.3 Å². The molecule has 104 valence electrons. The van der Waals surface area contributed by atoms with E-state index in [1.54, 1.807) is 7.05 Å². The van der Waals surface area contributed by atoms with Crippen LogP contribution in [0.25, 0.3) is 0 Å². The first kappa shape index (κ1) is 14.4. The van der Waals surface area contributed by atoms with Crippen molar-refractivity contribution in [3.8, 4) is 0 Å². The van der Waals surface area contributed by atoms with Gasteiger partial charge >= 0.3 is 0 Å². The Labute approximate surface area is 119 Å². The van der Waals surface area contributed by atoms with E-state index in [0.717, 1.165) is 13.0 Å². The van der Waals surface area contributed by atoms with Gasteiger partial charge < -0.3 is 10.6 Å². The first-order valence-corrected chi connectivity index (χ1v) is 7.58. The van der Waals surface area contributed by atoms with Gasteiger partial charge in [0.1, 0.15) is 0 Å². The Morgan fingerprint density at radius 3 is 2.84 bits per heavy atom. The summed E-state index contributed by atoms with van der Waals surface area (Å²) in [5.41, 5.74) is 1.09. The first-order valence-electron chi connectivity index (χ1n) is 6.70. The van der Waals surface area contributed by atoms with E-state index in [1.165, 1.54) is 10.5 Å².